The quantitative estimate of drug-likeness (QED) is 0.852. The third kappa shape index (κ3) is 4.43. The van der Waals surface area contributed by atoms with Crippen LogP contribution in [0, 0.1) is 11.8 Å². The third-order valence-electron chi connectivity index (χ3n) is 5.81. The lowest BCUT2D eigenvalue weighted by molar-refractivity contribution is 0.0664. The number of piperazine rings is 1. The third-order valence-corrected chi connectivity index (χ3v) is 5.81. The van der Waals surface area contributed by atoms with Crippen molar-refractivity contribution in [1.82, 2.24) is 9.80 Å². The molecule has 3 rings (SSSR count). The molecule has 1 amide bonds. The van der Waals surface area contributed by atoms with Gasteiger partial charge < -0.3 is 15.1 Å². The van der Waals surface area contributed by atoms with Gasteiger partial charge in [-0.05, 0) is 62.9 Å². The number of hydrogen-bond donors (Lipinski definition) is 1. The van der Waals surface area contributed by atoms with E-state index in [9.17, 15) is 4.79 Å². The van der Waals surface area contributed by atoms with Crippen LogP contribution in [0.1, 0.15) is 37.0 Å². The molecule has 2 aliphatic rings. The van der Waals surface area contributed by atoms with E-state index in [0.717, 1.165) is 49.9 Å². The number of nitrogens with zero attached hydrogens (tertiary/aromatic N) is 2. The molecule has 1 aromatic carbocycles. The van der Waals surface area contributed by atoms with Crippen LogP contribution in [-0.2, 0) is 0 Å². The van der Waals surface area contributed by atoms with Crippen molar-refractivity contribution in [2.75, 3.05) is 45.1 Å². The molecule has 1 fully saturated rings. The monoisotopic (exact) mass is 341 g/mol. The zero-order valence-corrected chi connectivity index (χ0v) is 15.8. The van der Waals surface area contributed by atoms with Gasteiger partial charge in [-0.2, -0.15) is 0 Å². The summed E-state index contributed by atoms with van der Waals surface area (Å²) in [5.74, 6) is 1.50. The van der Waals surface area contributed by atoms with E-state index in [1.54, 1.807) is 0 Å². The molecule has 1 N–H and O–H groups in total. The molecule has 1 saturated heterocycles. The van der Waals surface area contributed by atoms with E-state index in [1.807, 2.05) is 29.2 Å². The summed E-state index contributed by atoms with van der Waals surface area (Å²) in [5.41, 5.74) is 3.39. The van der Waals surface area contributed by atoms with Gasteiger partial charge >= 0.3 is 0 Å². The molecule has 0 spiro atoms. The number of benzene rings is 1. The van der Waals surface area contributed by atoms with E-state index in [1.165, 1.54) is 18.4 Å². The Labute approximate surface area is 151 Å². The molecular weight excluding hydrogens is 310 g/mol. The first-order valence-corrected chi connectivity index (χ1v) is 9.53. The molecule has 4 heteroatoms. The van der Waals surface area contributed by atoms with Gasteiger partial charge in [-0.25, -0.2) is 0 Å². The summed E-state index contributed by atoms with van der Waals surface area (Å²) in [5, 5.41) is 3.55. The van der Waals surface area contributed by atoms with Crippen LogP contribution in [-0.4, -0.2) is 55.5 Å². The number of carbonyl (C=O) groups excluding carboxylic acids is 1. The van der Waals surface area contributed by atoms with Crippen LogP contribution in [0.25, 0.3) is 0 Å². The second kappa shape index (κ2) is 8.05. The lowest BCUT2D eigenvalue weighted by Crippen LogP contribution is -2.47. The Bertz CT molecular complexity index is 615. The fraction of sp³-hybridized carbons (Fsp3) is 0.571. The van der Waals surface area contributed by atoms with Crippen molar-refractivity contribution in [3.63, 3.8) is 0 Å². The summed E-state index contributed by atoms with van der Waals surface area (Å²) in [7, 11) is 2.10. The molecule has 0 radical (unpaired) electrons. The Morgan fingerprint density at radius 1 is 1.16 bits per heavy atom. The van der Waals surface area contributed by atoms with Crippen molar-refractivity contribution in [2.24, 2.45) is 11.8 Å². The molecule has 1 aliphatic heterocycles. The second-order valence-corrected chi connectivity index (χ2v) is 7.66. The van der Waals surface area contributed by atoms with Gasteiger partial charge in [0, 0.05) is 44.0 Å². The maximum absolute atomic E-state index is 12.6. The standard InChI is InChI=1S/C21H31N3O/c1-16-5-4-6-17(2)20(16)15-22-19-9-7-18(8-10-19)21(25)24-13-11-23(3)12-14-24/h5,7-10,17,20,22H,4,6,11-15H2,1-3H3/t17-,20+/m1/s1. The normalized spacial score (nSPS) is 24.8. The van der Waals surface area contributed by atoms with E-state index >= 15 is 0 Å². The highest BCUT2D eigenvalue weighted by atomic mass is 16.2. The van der Waals surface area contributed by atoms with Crippen molar-refractivity contribution < 1.29 is 4.79 Å². The van der Waals surface area contributed by atoms with Gasteiger partial charge in [-0.15, -0.1) is 0 Å². The molecular formula is C21H31N3O. The lowest BCUT2D eigenvalue weighted by Gasteiger charge is -2.32. The highest BCUT2D eigenvalue weighted by molar-refractivity contribution is 5.94. The van der Waals surface area contributed by atoms with Crippen LogP contribution in [0.2, 0.25) is 0 Å². The minimum Gasteiger partial charge on any atom is -0.384 e. The minimum absolute atomic E-state index is 0.152. The fourth-order valence-electron chi connectivity index (χ4n) is 3.89. The first kappa shape index (κ1) is 18.0. The Kier molecular flexibility index (Phi) is 5.79. The maximum Gasteiger partial charge on any atom is 0.253 e. The van der Waals surface area contributed by atoms with Gasteiger partial charge in [0.1, 0.15) is 0 Å². The van der Waals surface area contributed by atoms with Gasteiger partial charge in [0.25, 0.3) is 5.91 Å². The van der Waals surface area contributed by atoms with E-state index in [2.05, 4.69) is 37.2 Å². The van der Waals surface area contributed by atoms with Gasteiger partial charge in [-0.3, -0.25) is 4.79 Å². The summed E-state index contributed by atoms with van der Waals surface area (Å²) < 4.78 is 0. The molecule has 136 valence electrons. The van der Waals surface area contributed by atoms with Crippen molar-refractivity contribution in [2.45, 2.75) is 26.7 Å². The first-order valence-electron chi connectivity index (χ1n) is 9.53. The highest BCUT2D eigenvalue weighted by Gasteiger charge is 2.22. The van der Waals surface area contributed by atoms with Crippen LogP contribution in [0.3, 0.4) is 0 Å². The van der Waals surface area contributed by atoms with E-state index < -0.39 is 0 Å². The number of likely N-dealkylation sites (N-methyl/N-ethyl adjacent to an activating group) is 1. The van der Waals surface area contributed by atoms with Crippen LogP contribution in [0.5, 0.6) is 0 Å². The zero-order valence-electron chi connectivity index (χ0n) is 15.8. The zero-order chi connectivity index (χ0) is 17.8. The number of anilines is 1. The minimum atomic E-state index is 0.152. The van der Waals surface area contributed by atoms with Crippen molar-refractivity contribution >= 4 is 11.6 Å². The SMILES string of the molecule is CC1=CCC[C@@H](C)[C@H]1CNc1ccc(C(=O)N2CCN(C)CC2)cc1. The number of amides is 1. The molecule has 25 heavy (non-hydrogen) atoms. The maximum atomic E-state index is 12.6. The van der Waals surface area contributed by atoms with E-state index in [-0.39, 0.29) is 5.91 Å². The van der Waals surface area contributed by atoms with Crippen molar-refractivity contribution in [1.29, 1.82) is 0 Å². The summed E-state index contributed by atoms with van der Waals surface area (Å²) in [6.45, 7) is 9.12. The summed E-state index contributed by atoms with van der Waals surface area (Å²) in [6, 6.07) is 7.98. The Morgan fingerprint density at radius 3 is 2.48 bits per heavy atom. The topological polar surface area (TPSA) is 35.6 Å². The van der Waals surface area contributed by atoms with Crippen LogP contribution in [0.15, 0.2) is 35.9 Å². The first-order chi connectivity index (χ1) is 12.0. The second-order valence-electron chi connectivity index (χ2n) is 7.66. The fourth-order valence-corrected chi connectivity index (χ4v) is 3.89. The number of hydrogen-bond acceptors (Lipinski definition) is 3. The smallest absolute Gasteiger partial charge is 0.253 e. The average Bonchev–Trinajstić information content (AvgIpc) is 2.62. The molecule has 4 nitrogen and oxygen atoms in total. The van der Waals surface area contributed by atoms with Crippen LogP contribution in [0.4, 0.5) is 5.69 Å². The molecule has 0 aromatic heterocycles. The molecule has 1 heterocycles. The molecule has 0 unspecified atom stereocenters. The van der Waals surface area contributed by atoms with E-state index in [0.29, 0.717) is 5.92 Å². The van der Waals surface area contributed by atoms with Gasteiger partial charge in [-0.1, -0.05) is 18.6 Å². The molecule has 1 aliphatic carbocycles. The molecule has 2 atom stereocenters. The van der Waals surface area contributed by atoms with Crippen LogP contribution < -0.4 is 5.32 Å². The number of allylic oxidation sites excluding steroid dienone is 1. The number of carbonyl (C=O) groups is 1. The van der Waals surface area contributed by atoms with Gasteiger partial charge in [0.2, 0.25) is 0 Å². The highest BCUT2D eigenvalue weighted by Crippen LogP contribution is 2.30. The van der Waals surface area contributed by atoms with Crippen molar-refractivity contribution in [3.8, 4) is 0 Å². The number of rotatable bonds is 4. The Morgan fingerprint density at radius 2 is 1.84 bits per heavy atom. The molecule has 0 bridgehead atoms. The lowest BCUT2D eigenvalue weighted by atomic mass is 9.80. The Balaban J connectivity index is 1.56. The van der Waals surface area contributed by atoms with Crippen molar-refractivity contribution in [3.05, 3.63) is 41.5 Å². The summed E-state index contributed by atoms with van der Waals surface area (Å²) >= 11 is 0. The summed E-state index contributed by atoms with van der Waals surface area (Å²) in [4.78, 5) is 16.8. The molecule has 0 saturated carbocycles. The predicted octanol–water partition coefficient (Wildman–Crippen LogP) is 3.48. The van der Waals surface area contributed by atoms with Gasteiger partial charge in [0.05, 0.1) is 0 Å². The van der Waals surface area contributed by atoms with Gasteiger partial charge in [0.15, 0.2) is 0 Å². The largest absolute Gasteiger partial charge is 0.384 e. The average molecular weight is 341 g/mol. The van der Waals surface area contributed by atoms with Crippen LogP contribution >= 0.6 is 0 Å². The predicted molar refractivity (Wildman–Crippen MR) is 104 cm³/mol. The van der Waals surface area contributed by atoms with E-state index in [4.69, 9.17) is 0 Å². The number of nitrogens with one attached hydrogen (secondary N) is 1. The summed E-state index contributed by atoms with van der Waals surface area (Å²) in [6.07, 6.45) is 4.87. The Hall–Kier alpha value is -1.81. The molecule has 1 aromatic rings.